The van der Waals surface area contributed by atoms with Crippen molar-refractivity contribution in [3.8, 4) is 6.07 Å². The SMILES string of the molecule is CCCN(CC)CCNc1ncc([N+](=O)[O-])cc1C#N. The van der Waals surface area contributed by atoms with Gasteiger partial charge in [0.2, 0.25) is 0 Å². The summed E-state index contributed by atoms with van der Waals surface area (Å²) in [7, 11) is 0. The summed E-state index contributed by atoms with van der Waals surface area (Å²) in [4.78, 5) is 16.3. The monoisotopic (exact) mass is 277 g/mol. The first-order valence-electron chi connectivity index (χ1n) is 6.63. The highest BCUT2D eigenvalue weighted by Crippen LogP contribution is 2.17. The van der Waals surface area contributed by atoms with Crippen LogP contribution >= 0.6 is 0 Å². The summed E-state index contributed by atoms with van der Waals surface area (Å²) in [5.74, 6) is 0.394. The van der Waals surface area contributed by atoms with Crippen LogP contribution in [-0.4, -0.2) is 41.0 Å². The lowest BCUT2D eigenvalue weighted by Gasteiger charge is -2.19. The van der Waals surface area contributed by atoms with Crippen LogP contribution in [0.2, 0.25) is 0 Å². The average Bonchev–Trinajstić information content (AvgIpc) is 2.46. The van der Waals surface area contributed by atoms with Gasteiger partial charge in [0.25, 0.3) is 5.69 Å². The first kappa shape index (κ1) is 15.9. The smallest absolute Gasteiger partial charge is 0.289 e. The number of nitrogens with zero attached hydrogens (tertiary/aromatic N) is 4. The molecule has 0 saturated heterocycles. The van der Waals surface area contributed by atoms with E-state index in [1.54, 1.807) is 0 Å². The molecule has 7 nitrogen and oxygen atoms in total. The summed E-state index contributed by atoms with van der Waals surface area (Å²) in [6.45, 7) is 7.70. The summed E-state index contributed by atoms with van der Waals surface area (Å²) >= 11 is 0. The van der Waals surface area contributed by atoms with Gasteiger partial charge >= 0.3 is 0 Å². The van der Waals surface area contributed by atoms with Gasteiger partial charge < -0.3 is 10.2 Å². The maximum atomic E-state index is 10.6. The third-order valence-electron chi connectivity index (χ3n) is 2.91. The van der Waals surface area contributed by atoms with E-state index >= 15 is 0 Å². The van der Waals surface area contributed by atoms with Crippen LogP contribution in [0.1, 0.15) is 25.8 Å². The Bertz CT molecular complexity index is 498. The second kappa shape index (κ2) is 8.07. The summed E-state index contributed by atoms with van der Waals surface area (Å²) in [6, 6.07) is 3.16. The van der Waals surface area contributed by atoms with Gasteiger partial charge in [0, 0.05) is 19.2 Å². The molecule has 0 aliphatic rings. The number of nitriles is 1. The standard InChI is InChI=1S/C13H19N5O2/c1-3-6-17(4-2)7-5-15-13-11(9-14)8-12(10-16-13)18(19)20/h8,10H,3-7H2,1-2H3,(H,15,16). The van der Waals surface area contributed by atoms with E-state index in [1.807, 2.05) is 6.07 Å². The van der Waals surface area contributed by atoms with Crippen molar-refractivity contribution in [1.29, 1.82) is 5.26 Å². The number of hydrogen-bond acceptors (Lipinski definition) is 6. The second-order valence-corrected chi connectivity index (χ2v) is 4.32. The first-order valence-corrected chi connectivity index (χ1v) is 6.63. The van der Waals surface area contributed by atoms with Gasteiger partial charge in [-0.2, -0.15) is 5.26 Å². The summed E-state index contributed by atoms with van der Waals surface area (Å²) < 4.78 is 0. The predicted octanol–water partition coefficient (Wildman–Crippen LogP) is 2.01. The molecule has 0 aromatic carbocycles. The van der Waals surface area contributed by atoms with Gasteiger partial charge in [-0.25, -0.2) is 4.98 Å². The van der Waals surface area contributed by atoms with Crippen LogP contribution in [0.25, 0.3) is 0 Å². The van der Waals surface area contributed by atoms with E-state index in [-0.39, 0.29) is 11.3 Å². The number of likely N-dealkylation sites (N-methyl/N-ethyl adjacent to an activating group) is 1. The number of anilines is 1. The summed E-state index contributed by atoms with van der Waals surface area (Å²) in [6.07, 6.45) is 2.25. The lowest BCUT2D eigenvalue weighted by Crippen LogP contribution is -2.29. The Hall–Kier alpha value is -2.20. The normalized spacial score (nSPS) is 10.3. The molecule has 0 unspecified atom stereocenters. The van der Waals surface area contributed by atoms with Gasteiger partial charge in [-0.15, -0.1) is 0 Å². The van der Waals surface area contributed by atoms with Crippen LogP contribution in [0, 0.1) is 21.4 Å². The van der Waals surface area contributed by atoms with Crippen molar-refractivity contribution < 1.29 is 4.92 Å². The minimum Gasteiger partial charge on any atom is -0.368 e. The lowest BCUT2D eigenvalue weighted by atomic mass is 10.2. The number of aromatic nitrogens is 1. The zero-order chi connectivity index (χ0) is 15.0. The van der Waals surface area contributed by atoms with Gasteiger partial charge in [-0.3, -0.25) is 10.1 Å². The fourth-order valence-electron chi connectivity index (χ4n) is 1.86. The van der Waals surface area contributed by atoms with E-state index in [4.69, 9.17) is 5.26 Å². The molecule has 0 bridgehead atoms. The molecule has 0 spiro atoms. The number of rotatable bonds is 8. The maximum Gasteiger partial charge on any atom is 0.289 e. The molecule has 0 fully saturated rings. The molecule has 1 N–H and O–H groups in total. The van der Waals surface area contributed by atoms with Gasteiger partial charge in [0.15, 0.2) is 0 Å². The number of hydrogen-bond donors (Lipinski definition) is 1. The molecule has 20 heavy (non-hydrogen) atoms. The molecule has 0 aliphatic carbocycles. The molecule has 108 valence electrons. The highest BCUT2D eigenvalue weighted by molar-refractivity contribution is 5.55. The minimum atomic E-state index is -0.558. The third kappa shape index (κ3) is 4.48. The number of nitrogens with one attached hydrogen (secondary N) is 1. The van der Waals surface area contributed by atoms with Crippen LogP contribution in [-0.2, 0) is 0 Å². The van der Waals surface area contributed by atoms with Crippen molar-refractivity contribution in [3.05, 3.63) is 27.9 Å². The molecule has 1 aromatic heterocycles. The molecule has 0 atom stereocenters. The minimum absolute atomic E-state index is 0.173. The molecule has 0 saturated carbocycles. The molecule has 1 heterocycles. The molecule has 1 aromatic rings. The fourth-order valence-corrected chi connectivity index (χ4v) is 1.86. The second-order valence-electron chi connectivity index (χ2n) is 4.32. The quantitative estimate of drug-likeness (QED) is 0.577. The van der Waals surface area contributed by atoms with Crippen molar-refractivity contribution in [3.63, 3.8) is 0 Å². The topological polar surface area (TPSA) is 95.1 Å². The zero-order valence-electron chi connectivity index (χ0n) is 11.8. The molecule has 7 heteroatoms. The van der Waals surface area contributed by atoms with Crippen LogP contribution in [0.4, 0.5) is 11.5 Å². The molecule has 0 aliphatic heterocycles. The Labute approximate surface area is 118 Å². The molecular formula is C13H19N5O2. The Balaban J connectivity index is 2.64. The molecule has 0 amide bonds. The third-order valence-corrected chi connectivity index (χ3v) is 2.91. The van der Waals surface area contributed by atoms with Gasteiger partial charge in [-0.1, -0.05) is 13.8 Å². The van der Waals surface area contributed by atoms with Crippen LogP contribution < -0.4 is 5.32 Å². The van der Waals surface area contributed by atoms with Crippen molar-refractivity contribution in [1.82, 2.24) is 9.88 Å². The van der Waals surface area contributed by atoms with E-state index in [0.29, 0.717) is 12.4 Å². The van der Waals surface area contributed by atoms with Crippen molar-refractivity contribution in [2.24, 2.45) is 0 Å². The van der Waals surface area contributed by atoms with Crippen LogP contribution in [0.3, 0.4) is 0 Å². The summed E-state index contributed by atoms with van der Waals surface area (Å²) in [5.41, 5.74) is 0.0195. The van der Waals surface area contributed by atoms with Crippen molar-refractivity contribution in [2.45, 2.75) is 20.3 Å². The predicted molar refractivity (Wildman–Crippen MR) is 76.5 cm³/mol. The summed E-state index contributed by atoms with van der Waals surface area (Å²) in [5, 5.41) is 22.7. The van der Waals surface area contributed by atoms with Crippen LogP contribution in [0.5, 0.6) is 0 Å². The largest absolute Gasteiger partial charge is 0.368 e. The zero-order valence-corrected chi connectivity index (χ0v) is 11.8. The number of pyridine rings is 1. The van der Waals surface area contributed by atoms with E-state index in [0.717, 1.165) is 32.3 Å². The Morgan fingerprint density at radius 2 is 2.25 bits per heavy atom. The van der Waals surface area contributed by atoms with E-state index < -0.39 is 4.92 Å². The van der Waals surface area contributed by atoms with E-state index in [1.165, 1.54) is 6.07 Å². The average molecular weight is 277 g/mol. The maximum absolute atomic E-state index is 10.6. The molecule has 0 radical (unpaired) electrons. The Morgan fingerprint density at radius 3 is 2.80 bits per heavy atom. The molecular weight excluding hydrogens is 258 g/mol. The van der Waals surface area contributed by atoms with Gasteiger partial charge in [0.05, 0.1) is 4.92 Å². The van der Waals surface area contributed by atoms with Crippen molar-refractivity contribution >= 4 is 11.5 Å². The van der Waals surface area contributed by atoms with Gasteiger partial charge in [-0.05, 0) is 19.5 Å². The van der Waals surface area contributed by atoms with Crippen molar-refractivity contribution in [2.75, 3.05) is 31.5 Å². The fraction of sp³-hybridized carbons (Fsp3) is 0.538. The highest BCUT2D eigenvalue weighted by Gasteiger charge is 2.12. The van der Waals surface area contributed by atoms with Gasteiger partial charge in [0.1, 0.15) is 23.6 Å². The first-order chi connectivity index (χ1) is 9.62. The Morgan fingerprint density at radius 1 is 1.50 bits per heavy atom. The van der Waals surface area contributed by atoms with E-state index in [9.17, 15) is 10.1 Å². The van der Waals surface area contributed by atoms with Crippen LogP contribution in [0.15, 0.2) is 12.3 Å². The highest BCUT2D eigenvalue weighted by atomic mass is 16.6. The Kier molecular flexibility index (Phi) is 6.40. The van der Waals surface area contributed by atoms with E-state index in [2.05, 4.69) is 29.0 Å². The molecule has 1 rings (SSSR count). The number of nitro groups is 1. The lowest BCUT2D eigenvalue weighted by molar-refractivity contribution is -0.385.